The second kappa shape index (κ2) is 2.80. The molecule has 0 bridgehead atoms. The van der Waals surface area contributed by atoms with Crippen molar-refractivity contribution < 1.29 is 4.57 Å². The van der Waals surface area contributed by atoms with Crippen molar-refractivity contribution in [2.75, 3.05) is 0 Å². The Morgan fingerprint density at radius 2 is 2.44 bits per heavy atom. The highest BCUT2D eigenvalue weighted by atomic mass is 79.9. The zero-order valence-electron chi connectivity index (χ0n) is 5.52. The molecule has 0 aliphatic carbocycles. The van der Waals surface area contributed by atoms with E-state index in [9.17, 15) is 0 Å². The van der Waals surface area contributed by atoms with Gasteiger partial charge in [-0.3, -0.25) is 0 Å². The molecule has 1 aromatic rings. The summed E-state index contributed by atoms with van der Waals surface area (Å²) in [6, 6.07) is 0. The van der Waals surface area contributed by atoms with E-state index in [0.717, 1.165) is 6.54 Å². The fourth-order valence-corrected chi connectivity index (χ4v) is 2.38. The summed E-state index contributed by atoms with van der Waals surface area (Å²) in [5.41, 5.74) is 1.33. The van der Waals surface area contributed by atoms with Crippen LogP contribution in [0.1, 0.15) is 12.6 Å². The molecule has 9 heavy (non-hydrogen) atoms. The van der Waals surface area contributed by atoms with Gasteiger partial charge in [0.05, 0.1) is 5.38 Å². The first-order valence-corrected chi connectivity index (χ1v) is 4.56. The molecule has 0 fully saturated rings. The van der Waals surface area contributed by atoms with Gasteiger partial charge in [0.15, 0.2) is 5.69 Å². The van der Waals surface area contributed by atoms with Gasteiger partial charge >= 0.3 is 3.92 Å². The summed E-state index contributed by atoms with van der Waals surface area (Å²) in [5, 5.41) is 2.15. The van der Waals surface area contributed by atoms with Crippen LogP contribution in [-0.4, -0.2) is 0 Å². The molecule has 50 valence electrons. The lowest BCUT2D eigenvalue weighted by Gasteiger charge is -1.86. The molecule has 1 aromatic heterocycles. The highest BCUT2D eigenvalue weighted by molar-refractivity contribution is 9.11. The lowest BCUT2D eigenvalue weighted by Crippen LogP contribution is -2.34. The van der Waals surface area contributed by atoms with Crippen LogP contribution in [0.5, 0.6) is 0 Å². The largest absolute Gasteiger partial charge is 0.304 e. The van der Waals surface area contributed by atoms with Crippen LogP contribution in [0.15, 0.2) is 9.30 Å². The number of aromatic nitrogens is 1. The molecule has 0 radical (unpaired) electrons. The van der Waals surface area contributed by atoms with Gasteiger partial charge in [-0.25, -0.2) is 0 Å². The minimum Gasteiger partial charge on any atom is -0.181 e. The van der Waals surface area contributed by atoms with Gasteiger partial charge in [-0.2, -0.15) is 4.57 Å². The fourth-order valence-electron chi connectivity index (χ4n) is 0.774. The molecular formula is C6H9BrNS+. The molecule has 1 rings (SSSR count). The molecule has 0 aliphatic heterocycles. The summed E-state index contributed by atoms with van der Waals surface area (Å²) in [6.07, 6.45) is 0. The molecule has 0 unspecified atom stereocenters. The van der Waals surface area contributed by atoms with Gasteiger partial charge in [-0.05, 0) is 6.92 Å². The predicted molar refractivity (Wildman–Crippen MR) is 42.6 cm³/mol. The lowest BCUT2D eigenvalue weighted by atomic mass is 10.5. The molecule has 0 atom stereocenters. The molecule has 0 saturated carbocycles. The number of hydrogen-bond acceptors (Lipinski definition) is 1. The molecule has 0 amide bonds. The van der Waals surface area contributed by atoms with Crippen molar-refractivity contribution in [3.8, 4) is 0 Å². The summed E-state index contributed by atoms with van der Waals surface area (Å²) < 4.78 is 3.44. The standard InChI is InChI=1S/C6H9BrNS/c1-3-8-5(2)4-9-6(8)7/h4H,3H2,1-2H3/q+1. The molecule has 0 aliphatic rings. The summed E-state index contributed by atoms with van der Waals surface area (Å²) >= 11 is 5.19. The topological polar surface area (TPSA) is 3.88 Å². The van der Waals surface area contributed by atoms with Crippen molar-refractivity contribution in [3.63, 3.8) is 0 Å². The van der Waals surface area contributed by atoms with Crippen LogP contribution in [0.3, 0.4) is 0 Å². The monoisotopic (exact) mass is 206 g/mol. The maximum atomic E-state index is 3.46. The van der Waals surface area contributed by atoms with Crippen molar-refractivity contribution in [3.05, 3.63) is 15.0 Å². The maximum Gasteiger partial charge on any atom is 0.304 e. The van der Waals surface area contributed by atoms with E-state index in [-0.39, 0.29) is 0 Å². The Bertz CT molecular complexity index is 187. The summed E-state index contributed by atoms with van der Waals surface area (Å²) in [5.74, 6) is 0. The van der Waals surface area contributed by atoms with E-state index >= 15 is 0 Å². The number of halogens is 1. The molecule has 0 aromatic carbocycles. The van der Waals surface area contributed by atoms with Gasteiger partial charge in [0, 0.05) is 22.9 Å². The summed E-state index contributed by atoms with van der Waals surface area (Å²) in [6.45, 7) is 5.31. The Morgan fingerprint density at radius 1 is 1.78 bits per heavy atom. The quantitative estimate of drug-likeness (QED) is 0.621. The minimum absolute atomic E-state index is 1.05. The third-order valence-corrected chi connectivity index (χ3v) is 3.14. The van der Waals surface area contributed by atoms with Gasteiger partial charge in [-0.15, -0.1) is 0 Å². The molecule has 0 saturated heterocycles. The van der Waals surface area contributed by atoms with Crippen LogP contribution in [0, 0.1) is 6.92 Å². The lowest BCUT2D eigenvalue weighted by molar-refractivity contribution is -0.704. The zero-order chi connectivity index (χ0) is 6.85. The molecule has 1 heterocycles. The van der Waals surface area contributed by atoms with Crippen LogP contribution < -0.4 is 4.57 Å². The minimum atomic E-state index is 1.05. The van der Waals surface area contributed by atoms with Gasteiger partial charge in [0.2, 0.25) is 0 Å². The smallest absolute Gasteiger partial charge is 0.181 e. The summed E-state index contributed by atoms with van der Waals surface area (Å²) in [7, 11) is 0. The van der Waals surface area contributed by atoms with Crippen LogP contribution >= 0.6 is 27.3 Å². The van der Waals surface area contributed by atoms with E-state index in [2.05, 4.69) is 39.7 Å². The normalized spacial score (nSPS) is 10.1. The van der Waals surface area contributed by atoms with Crippen LogP contribution in [0.2, 0.25) is 0 Å². The SMILES string of the molecule is CC[n+]1c(C)csc1Br. The number of aryl methyl sites for hydroxylation is 1. The first-order valence-electron chi connectivity index (χ1n) is 2.89. The van der Waals surface area contributed by atoms with E-state index in [4.69, 9.17) is 0 Å². The van der Waals surface area contributed by atoms with E-state index in [0.29, 0.717) is 0 Å². The Kier molecular flexibility index (Phi) is 2.24. The Balaban J connectivity index is 3.07. The van der Waals surface area contributed by atoms with E-state index in [1.54, 1.807) is 11.3 Å². The Labute approximate surface area is 67.5 Å². The highest BCUT2D eigenvalue weighted by Gasteiger charge is 2.10. The first kappa shape index (κ1) is 7.22. The second-order valence-corrected chi connectivity index (χ2v) is 4.01. The molecular weight excluding hydrogens is 198 g/mol. The van der Waals surface area contributed by atoms with Crippen LogP contribution in [0.4, 0.5) is 0 Å². The number of rotatable bonds is 1. The third-order valence-electron chi connectivity index (χ3n) is 1.28. The predicted octanol–water partition coefficient (Wildman–Crippen LogP) is 2.13. The van der Waals surface area contributed by atoms with Gasteiger partial charge < -0.3 is 0 Å². The molecule has 1 nitrogen and oxygen atoms in total. The average molecular weight is 207 g/mol. The van der Waals surface area contributed by atoms with Crippen molar-refractivity contribution in [2.24, 2.45) is 0 Å². The van der Waals surface area contributed by atoms with Crippen molar-refractivity contribution in [1.82, 2.24) is 0 Å². The van der Waals surface area contributed by atoms with Crippen molar-refractivity contribution in [1.29, 1.82) is 0 Å². The van der Waals surface area contributed by atoms with Gasteiger partial charge in [0.1, 0.15) is 6.54 Å². The third kappa shape index (κ3) is 1.33. The first-order chi connectivity index (χ1) is 4.25. The van der Waals surface area contributed by atoms with E-state index in [1.165, 1.54) is 9.61 Å². The highest BCUT2D eigenvalue weighted by Crippen LogP contribution is 2.12. The van der Waals surface area contributed by atoms with Crippen molar-refractivity contribution in [2.45, 2.75) is 20.4 Å². The second-order valence-electron chi connectivity index (χ2n) is 1.87. The molecule has 0 N–H and O–H groups in total. The average Bonchev–Trinajstić information content (AvgIpc) is 2.12. The van der Waals surface area contributed by atoms with Crippen LogP contribution in [-0.2, 0) is 6.54 Å². The Morgan fingerprint density at radius 3 is 2.67 bits per heavy atom. The zero-order valence-corrected chi connectivity index (χ0v) is 7.92. The van der Waals surface area contributed by atoms with Gasteiger partial charge in [0.25, 0.3) is 0 Å². The maximum absolute atomic E-state index is 3.46. The molecule has 3 heteroatoms. The van der Waals surface area contributed by atoms with Crippen molar-refractivity contribution >= 4 is 27.3 Å². The van der Waals surface area contributed by atoms with E-state index < -0.39 is 0 Å². The molecule has 0 spiro atoms. The number of nitrogens with zero attached hydrogens (tertiary/aromatic N) is 1. The number of hydrogen-bond donors (Lipinski definition) is 0. The fraction of sp³-hybridized carbons (Fsp3) is 0.500. The van der Waals surface area contributed by atoms with Gasteiger partial charge in [-0.1, -0.05) is 11.3 Å². The Hall–Kier alpha value is 0.110. The summed E-state index contributed by atoms with van der Waals surface area (Å²) in [4.78, 5) is 0. The van der Waals surface area contributed by atoms with E-state index in [1.807, 2.05) is 0 Å². The van der Waals surface area contributed by atoms with Crippen LogP contribution in [0.25, 0.3) is 0 Å². The number of thiazole rings is 1.